The second-order valence-electron chi connectivity index (χ2n) is 7.80. The summed E-state index contributed by atoms with van der Waals surface area (Å²) < 4.78 is 0. The van der Waals surface area contributed by atoms with Crippen LogP contribution in [0.15, 0.2) is 30.3 Å². The molecule has 2 heteroatoms. The van der Waals surface area contributed by atoms with Crippen LogP contribution in [0.4, 0.5) is 0 Å². The van der Waals surface area contributed by atoms with E-state index in [0.29, 0.717) is 29.8 Å². The van der Waals surface area contributed by atoms with Gasteiger partial charge in [-0.25, -0.2) is 0 Å². The van der Waals surface area contributed by atoms with E-state index in [0.717, 1.165) is 0 Å². The van der Waals surface area contributed by atoms with Gasteiger partial charge in [-0.2, -0.15) is 5.06 Å². The summed E-state index contributed by atoms with van der Waals surface area (Å²) in [5, 5.41) is 2.29. The van der Waals surface area contributed by atoms with Crippen molar-refractivity contribution >= 4 is 0 Å². The van der Waals surface area contributed by atoms with Crippen LogP contribution < -0.4 is 0 Å². The molecule has 0 bridgehead atoms. The Bertz CT molecular complexity index is 482. The summed E-state index contributed by atoms with van der Waals surface area (Å²) in [4.78, 5) is 6.35. The lowest BCUT2D eigenvalue weighted by molar-refractivity contribution is -0.215. The lowest BCUT2D eigenvalue weighted by Crippen LogP contribution is -2.45. The van der Waals surface area contributed by atoms with Crippen molar-refractivity contribution in [3.05, 3.63) is 35.9 Å². The van der Waals surface area contributed by atoms with Crippen LogP contribution in [0.1, 0.15) is 58.9 Å². The molecular weight excluding hydrogens is 258 g/mol. The third kappa shape index (κ3) is 2.64. The van der Waals surface area contributed by atoms with Gasteiger partial charge in [0.2, 0.25) is 0 Å². The molecule has 21 heavy (non-hydrogen) atoms. The SMILES string of the molecule is CC(C)N1OC(C)(C)[C@@H]2C[C@H](c3ccccc3)C[C@H](C)[C@H]21. The summed E-state index contributed by atoms with van der Waals surface area (Å²) in [6, 6.07) is 12.1. The van der Waals surface area contributed by atoms with Crippen molar-refractivity contribution in [3.63, 3.8) is 0 Å². The van der Waals surface area contributed by atoms with Crippen molar-refractivity contribution in [1.29, 1.82) is 0 Å². The first-order chi connectivity index (χ1) is 9.90. The van der Waals surface area contributed by atoms with Gasteiger partial charge in [0.15, 0.2) is 0 Å². The molecule has 1 aliphatic carbocycles. The normalized spacial score (nSPS) is 35.9. The van der Waals surface area contributed by atoms with Gasteiger partial charge in [0.05, 0.1) is 5.60 Å². The Morgan fingerprint density at radius 3 is 2.43 bits per heavy atom. The Labute approximate surface area is 129 Å². The molecule has 1 saturated heterocycles. The number of rotatable bonds is 2. The van der Waals surface area contributed by atoms with Gasteiger partial charge in [0.25, 0.3) is 0 Å². The number of nitrogens with zero attached hydrogens (tertiary/aromatic N) is 1. The van der Waals surface area contributed by atoms with Crippen molar-refractivity contribution in [2.75, 3.05) is 0 Å². The van der Waals surface area contributed by atoms with Crippen molar-refractivity contribution in [2.24, 2.45) is 11.8 Å². The Balaban J connectivity index is 1.87. The van der Waals surface area contributed by atoms with Gasteiger partial charge < -0.3 is 0 Å². The highest BCUT2D eigenvalue weighted by molar-refractivity contribution is 5.21. The maximum atomic E-state index is 6.35. The number of fused-ring (bicyclic) bond motifs is 1. The van der Waals surface area contributed by atoms with Gasteiger partial charge in [-0.3, -0.25) is 4.84 Å². The molecule has 116 valence electrons. The molecule has 1 saturated carbocycles. The Kier molecular flexibility index (Phi) is 3.87. The lowest BCUT2D eigenvalue weighted by atomic mass is 9.66. The zero-order valence-electron chi connectivity index (χ0n) is 14.0. The fourth-order valence-electron chi connectivity index (χ4n) is 4.50. The Hall–Kier alpha value is -0.860. The average molecular weight is 287 g/mol. The minimum atomic E-state index is -0.0450. The third-order valence-electron chi connectivity index (χ3n) is 5.50. The summed E-state index contributed by atoms with van der Waals surface area (Å²) in [6.07, 6.45) is 2.52. The smallest absolute Gasteiger partial charge is 0.0888 e. The minimum Gasteiger partial charge on any atom is -0.292 e. The molecule has 0 amide bonds. The standard InChI is InChI=1S/C19H29NO/c1-13(2)20-18-14(3)11-16(15-9-7-6-8-10-15)12-17(18)19(4,5)21-20/h6-10,13-14,16-18H,11-12H2,1-5H3/t14-,16+,17+,18+/m0/s1. The molecule has 0 aromatic heterocycles. The molecule has 1 aromatic rings. The summed E-state index contributed by atoms with van der Waals surface area (Å²) in [6.45, 7) is 11.4. The second-order valence-corrected chi connectivity index (χ2v) is 7.80. The van der Waals surface area contributed by atoms with Crippen LogP contribution in [0.3, 0.4) is 0 Å². The van der Waals surface area contributed by atoms with Crippen molar-refractivity contribution in [3.8, 4) is 0 Å². The van der Waals surface area contributed by atoms with E-state index in [-0.39, 0.29) is 5.60 Å². The average Bonchev–Trinajstić information content (AvgIpc) is 2.72. The van der Waals surface area contributed by atoms with Crippen LogP contribution in [-0.4, -0.2) is 22.7 Å². The van der Waals surface area contributed by atoms with Gasteiger partial charge in [-0.05, 0) is 57.9 Å². The molecule has 2 nitrogen and oxygen atoms in total. The van der Waals surface area contributed by atoms with Crippen molar-refractivity contribution < 1.29 is 4.84 Å². The van der Waals surface area contributed by atoms with Gasteiger partial charge in [0.1, 0.15) is 0 Å². The van der Waals surface area contributed by atoms with Crippen molar-refractivity contribution in [1.82, 2.24) is 5.06 Å². The zero-order chi connectivity index (χ0) is 15.2. The van der Waals surface area contributed by atoms with Crippen LogP contribution >= 0.6 is 0 Å². The predicted octanol–water partition coefficient (Wildman–Crippen LogP) is 4.62. The fourth-order valence-corrected chi connectivity index (χ4v) is 4.50. The molecule has 2 aliphatic rings. The molecule has 1 heterocycles. The monoisotopic (exact) mass is 287 g/mol. The van der Waals surface area contributed by atoms with Gasteiger partial charge >= 0.3 is 0 Å². The maximum absolute atomic E-state index is 6.35. The van der Waals surface area contributed by atoms with Crippen LogP contribution in [0.5, 0.6) is 0 Å². The molecule has 2 fully saturated rings. The highest BCUT2D eigenvalue weighted by Gasteiger charge is 2.54. The van der Waals surface area contributed by atoms with E-state index in [4.69, 9.17) is 4.84 Å². The van der Waals surface area contributed by atoms with E-state index < -0.39 is 0 Å². The Morgan fingerprint density at radius 1 is 1.14 bits per heavy atom. The quantitative estimate of drug-likeness (QED) is 0.787. The van der Waals surface area contributed by atoms with Gasteiger partial charge in [0, 0.05) is 18.0 Å². The minimum absolute atomic E-state index is 0.0450. The first kappa shape index (κ1) is 15.1. The molecule has 0 N–H and O–H groups in total. The number of hydrogen-bond donors (Lipinski definition) is 0. The zero-order valence-corrected chi connectivity index (χ0v) is 14.0. The first-order valence-electron chi connectivity index (χ1n) is 8.42. The van der Waals surface area contributed by atoms with Crippen LogP contribution in [0.25, 0.3) is 0 Å². The largest absolute Gasteiger partial charge is 0.292 e. The number of hydroxylamine groups is 2. The molecule has 0 unspecified atom stereocenters. The molecule has 3 rings (SSSR count). The van der Waals surface area contributed by atoms with Crippen LogP contribution in [-0.2, 0) is 4.84 Å². The molecule has 1 aliphatic heterocycles. The number of benzene rings is 1. The lowest BCUT2D eigenvalue weighted by Gasteiger charge is -2.41. The van der Waals surface area contributed by atoms with E-state index in [9.17, 15) is 0 Å². The second kappa shape index (κ2) is 5.40. The topological polar surface area (TPSA) is 12.5 Å². The predicted molar refractivity (Wildman–Crippen MR) is 87.0 cm³/mol. The van der Waals surface area contributed by atoms with Gasteiger partial charge in [-0.1, -0.05) is 37.3 Å². The van der Waals surface area contributed by atoms with E-state index in [1.54, 1.807) is 0 Å². The van der Waals surface area contributed by atoms with Crippen LogP contribution in [0.2, 0.25) is 0 Å². The van der Waals surface area contributed by atoms with E-state index >= 15 is 0 Å². The van der Waals surface area contributed by atoms with E-state index in [1.807, 2.05) is 0 Å². The summed E-state index contributed by atoms with van der Waals surface area (Å²) in [7, 11) is 0. The summed E-state index contributed by atoms with van der Waals surface area (Å²) in [5.74, 6) is 1.98. The molecule has 4 atom stereocenters. The summed E-state index contributed by atoms with van der Waals surface area (Å²) in [5.41, 5.74) is 1.46. The molecular formula is C19H29NO. The molecule has 1 aromatic carbocycles. The Morgan fingerprint density at radius 2 is 1.81 bits per heavy atom. The van der Waals surface area contributed by atoms with Crippen molar-refractivity contribution in [2.45, 2.75) is 71.1 Å². The van der Waals surface area contributed by atoms with Crippen LogP contribution in [0, 0.1) is 11.8 Å². The highest BCUT2D eigenvalue weighted by atomic mass is 16.7. The first-order valence-corrected chi connectivity index (χ1v) is 8.42. The maximum Gasteiger partial charge on any atom is 0.0888 e. The van der Waals surface area contributed by atoms with E-state index in [1.165, 1.54) is 18.4 Å². The highest BCUT2D eigenvalue weighted by Crippen LogP contribution is 2.51. The molecule has 0 spiro atoms. The molecule has 0 radical (unpaired) electrons. The van der Waals surface area contributed by atoms with Gasteiger partial charge in [-0.15, -0.1) is 0 Å². The number of hydrogen-bond acceptors (Lipinski definition) is 2. The summed E-state index contributed by atoms with van der Waals surface area (Å²) >= 11 is 0. The fraction of sp³-hybridized carbons (Fsp3) is 0.684. The third-order valence-corrected chi connectivity index (χ3v) is 5.50. The van der Waals surface area contributed by atoms with E-state index in [2.05, 4.69) is 70.0 Å².